The highest BCUT2D eigenvalue weighted by Gasteiger charge is 2.32. The molecule has 0 aliphatic heterocycles. The summed E-state index contributed by atoms with van der Waals surface area (Å²) in [7, 11) is 0. The zero-order valence-electron chi connectivity index (χ0n) is 15.0. The van der Waals surface area contributed by atoms with Crippen molar-refractivity contribution < 1.29 is 9.53 Å². The number of carbonyl (C=O) groups is 1. The Bertz CT molecular complexity index is 507. The largest absolute Gasteiger partial charge is 0.494 e. The van der Waals surface area contributed by atoms with Crippen LogP contribution in [-0.4, -0.2) is 18.6 Å². The van der Waals surface area contributed by atoms with Crippen molar-refractivity contribution in [3.63, 3.8) is 0 Å². The molecular weight excluding hydrogens is 286 g/mol. The Labute approximate surface area is 140 Å². The lowest BCUT2D eigenvalue weighted by Crippen LogP contribution is -2.42. The van der Waals surface area contributed by atoms with Gasteiger partial charge in [-0.2, -0.15) is 0 Å². The summed E-state index contributed by atoms with van der Waals surface area (Å²) in [6.07, 6.45) is 5.55. The van der Waals surface area contributed by atoms with Crippen molar-refractivity contribution in [1.82, 2.24) is 5.32 Å². The topological polar surface area (TPSA) is 38.3 Å². The number of unbranched alkanes of at least 4 members (excludes halogenated alkanes) is 1. The van der Waals surface area contributed by atoms with Crippen LogP contribution in [0, 0.1) is 11.3 Å². The van der Waals surface area contributed by atoms with E-state index in [1.807, 2.05) is 24.3 Å². The lowest BCUT2D eigenvalue weighted by Gasteiger charge is -2.39. The van der Waals surface area contributed by atoms with Gasteiger partial charge in [0.1, 0.15) is 5.75 Å². The van der Waals surface area contributed by atoms with E-state index in [0.29, 0.717) is 16.9 Å². The lowest BCUT2D eigenvalue weighted by atomic mass is 9.70. The number of nitrogens with one attached hydrogen (secondary N) is 1. The van der Waals surface area contributed by atoms with E-state index in [9.17, 15) is 4.79 Å². The fourth-order valence-corrected chi connectivity index (χ4v) is 3.76. The highest BCUT2D eigenvalue weighted by molar-refractivity contribution is 5.94. The molecule has 0 heterocycles. The van der Waals surface area contributed by atoms with Gasteiger partial charge in [0.05, 0.1) is 6.61 Å². The van der Waals surface area contributed by atoms with Gasteiger partial charge in [-0.25, -0.2) is 0 Å². The molecule has 128 valence electrons. The molecule has 3 nitrogen and oxygen atoms in total. The highest BCUT2D eigenvalue weighted by atomic mass is 16.5. The Morgan fingerprint density at radius 3 is 2.57 bits per heavy atom. The molecule has 2 rings (SSSR count). The Hall–Kier alpha value is -1.51. The van der Waals surface area contributed by atoms with Gasteiger partial charge in [-0.1, -0.05) is 34.1 Å². The first-order valence-electron chi connectivity index (χ1n) is 8.93. The quantitative estimate of drug-likeness (QED) is 0.765. The molecule has 1 aromatic carbocycles. The molecule has 23 heavy (non-hydrogen) atoms. The first-order chi connectivity index (χ1) is 10.9. The molecule has 0 spiro atoms. The first-order valence-corrected chi connectivity index (χ1v) is 8.93. The monoisotopic (exact) mass is 317 g/mol. The fraction of sp³-hybridized carbons (Fsp3) is 0.650. The van der Waals surface area contributed by atoms with Gasteiger partial charge in [0.2, 0.25) is 0 Å². The zero-order chi connectivity index (χ0) is 16.9. The molecule has 1 saturated carbocycles. The molecule has 0 bridgehead atoms. The summed E-state index contributed by atoms with van der Waals surface area (Å²) in [6, 6.07) is 7.76. The normalized spacial score (nSPS) is 23.3. The maximum atomic E-state index is 12.5. The standard InChI is InChI=1S/C20H31NO2/c1-5-6-11-23-18-9-7-16(8-10-18)19(22)21-17-12-15(2)13-20(3,4)14-17/h7-10,15,17H,5-6,11-14H2,1-4H3,(H,21,22)/t15-,17-/m1/s1. The molecule has 1 N–H and O–H groups in total. The lowest BCUT2D eigenvalue weighted by molar-refractivity contribution is 0.0874. The summed E-state index contributed by atoms with van der Waals surface area (Å²) in [6.45, 7) is 9.75. The van der Waals surface area contributed by atoms with Gasteiger partial charge in [-0.15, -0.1) is 0 Å². The second-order valence-electron chi connectivity index (χ2n) is 7.81. The minimum atomic E-state index is 0.0278. The molecule has 2 atom stereocenters. The van der Waals surface area contributed by atoms with Crippen LogP contribution in [0.2, 0.25) is 0 Å². The van der Waals surface area contributed by atoms with E-state index in [0.717, 1.165) is 38.0 Å². The molecule has 0 unspecified atom stereocenters. The van der Waals surface area contributed by atoms with E-state index in [1.54, 1.807) is 0 Å². The van der Waals surface area contributed by atoms with Crippen LogP contribution in [0.3, 0.4) is 0 Å². The van der Waals surface area contributed by atoms with Gasteiger partial charge >= 0.3 is 0 Å². The molecule has 1 aromatic rings. The summed E-state index contributed by atoms with van der Waals surface area (Å²) in [5.41, 5.74) is 1.02. The Balaban J connectivity index is 1.90. The highest BCUT2D eigenvalue weighted by Crippen LogP contribution is 2.38. The predicted octanol–water partition coefficient (Wildman–Crippen LogP) is 4.81. The van der Waals surface area contributed by atoms with Crippen molar-refractivity contribution in [2.24, 2.45) is 11.3 Å². The van der Waals surface area contributed by atoms with E-state index >= 15 is 0 Å². The smallest absolute Gasteiger partial charge is 0.251 e. The van der Waals surface area contributed by atoms with Gasteiger partial charge in [-0.3, -0.25) is 4.79 Å². The van der Waals surface area contributed by atoms with Gasteiger partial charge in [0.15, 0.2) is 0 Å². The minimum Gasteiger partial charge on any atom is -0.494 e. The third-order valence-electron chi connectivity index (χ3n) is 4.61. The van der Waals surface area contributed by atoms with Crippen LogP contribution in [0.5, 0.6) is 5.75 Å². The predicted molar refractivity (Wildman–Crippen MR) is 94.9 cm³/mol. The average Bonchev–Trinajstić information content (AvgIpc) is 2.46. The van der Waals surface area contributed by atoms with Crippen LogP contribution in [0.25, 0.3) is 0 Å². The van der Waals surface area contributed by atoms with Crippen LogP contribution in [0.15, 0.2) is 24.3 Å². The molecule has 1 amide bonds. The first kappa shape index (κ1) is 17.8. The van der Waals surface area contributed by atoms with Crippen LogP contribution in [-0.2, 0) is 0 Å². The molecule has 0 aromatic heterocycles. The van der Waals surface area contributed by atoms with Gasteiger partial charge < -0.3 is 10.1 Å². The third kappa shape index (κ3) is 5.56. The maximum Gasteiger partial charge on any atom is 0.251 e. The van der Waals surface area contributed by atoms with Crippen molar-refractivity contribution in [3.05, 3.63) is 29.8 Å². The van der Waals surface area contributed by atoms with E-state index in [2.05, 4.69) is 33.0 Å². The summed E-state index contributed by atoms with van der Waals surface area (Å²) >= 11 is 0. The molecular formula is C20H31NO2. The average molecular weight is 317 g/mol. The van der Waals surface area contributed by atoms with E-state index in [4.69, 9.17) is 4.74 Å². The zero-order valence-corrected chi connectivity index (χ0v) is 15.0. The third-order valence-corrected chi connectivity index (χ3v) is 4.61. The van der Waals surface area contributed by atoms with E-state index in [-0.39, 0.29) is 11.9 Å². The molecule has 1 aliphatic carbocycles. The molecule has 3 heteroatoms. The Morgan fingerprint density at radius 1 is 1.26 bits per heavy atom. The number of rotatable bonds is 6. The molecule has 1 fully saturated rings. The second-order valence-corrected chi connectivity index (χ2v) is 7.81. The Morgan fingerprint density at radius 2 is 1.96 bits per heavy atom. The summed E-state index contributed by atoms with van der Waals surface area (Å²) in [5, 5.41) is 3.21. The minimum absolute atomic E-state index is 0.0278. The van der Waals surface area contributed by atoms with Crippen molar-refractivity contribution in [1.29, 1.82) is 0 Å². The van der Waals surface area contributed by atoms with E-state index in [1.165, 1.54) is 6.42 Å². The van der Waals surface area contributed by atoms with Crippen LogP contribution >= 0.6 is 0 Å². The number of carbonyl (C=O) groups excluding carboxylic acids is 1. The SMILES string of the molecule is CCCCOc1ccc(C(=O)N[C@@H]2C[C@@H](C)CC(C)(C)C2)cc1. The summed E-state index contributed by atoms with van der Waals surface area (Å²) in [5.74, 6) is 1.53. The van der Waals surface area contributed by atoms with Gasteiger partial charge in [-0.05, 0) is 61.3 Å². The van der Waals surface area contributed by atoms with Gasteiger partial charge in [0, 0.05) is 11.6 Å². The van der Waals surface area contributed by atoms with Crippen LogP contribution < -0.4 is 10.1 Å². The summed E-state index contributed by atoms with van der Waals surface area (Å²) in [4.78, 5) is 12.5. The van der Waals surface area contributed by atoms with Crippen molar-refractivity contribution in [2.75, 3.05) is 6.61 Å². The van der Waals surface area contributed by atoms with Crippen molar-refractivity contribution >= 4 is 5.91 Å². The molecule has 0 saturated heterocycles. The Kier molecular flexibility index (Phi) is 6.09. The van der Waals surface area contributed by atoms with Gasteiger partial charge in [0.25, 0.3) is 5.91 Å². The fourth-order valence-electron chi connectivity index (χ4n) is 3.76. The summed E-state index contributed by atoms with van der Waals surface area (Å²) < 4.78 is 5.64. The number of amides is 1. The van der Waals surface area contributed by atoms with Crippen molar-refractivity contribution in [3.8, 4) is 5.75 Å². The van der Waals surface area contributed by atoms with E-state index < -0.39 is 0 Å². The number of ether oxygens (including phenoxy) is 1. The number of benzene rings is 1. The van der Waals surface area contributed by atoms with Crippen molar-refractivity contribution in [2.45, 2.75) is 65.8 Å². The second kappa shape index (κ2) is 7.85. The van der Waals surface area contributed by atoms with Crippen LogP contribution in [0.4, 0.5) is 0 Å². The molecule has 0 radical (unpaired) electrons. The number of hydrogen-bond donors (Lipinski definition) is 1. The van der Waals surface area contributed by atoms with Crippen LogP contribution in [0.1, 0.15) is 70.2 Å². The molecule has 1 aliphatic rings. The maximum absolute atomic E-state index is 12.5. The number of hydrogen-bond acceptors (Lipinski definition) is 2.